The lowest BCUT2D eigenvalue weighted by Crippen LogP contribution is -2.23. The van der Waals surface area contributed by atoms with Gasteiger partial charge in [0, 0.05) is 17.8 Å². The molecule has 1 aromatic heterocycles. The Morgan fingerprint density at radius 2 is 2.31 bits per heavy atom. The van der Waals surface area contributed by atoms with Crippen LogP contribution in [-0.4, -0.2) is 11.5 Å². The molecule has 16 heavy (non-hydrogen) atoms. The van der Waals surface area contributed by atoms with Crippen molar-refractivity contribution in [2.45, 2.75) is 39.2 Å². The van der Waals surface area contributed by atoms with Gasteiger partial charge in [0.15, 0.2) is 0 Å². The molecule has 0 bridgehead atoms. The summed E-state index contributed by atoms with van der Waals surface area (Å²) in [7, 11) is 0. The highest BCUT2D eigenvalue weighted by molar-refractivity contribution is 5.43. The second-order valence-corrected chi connectivity index (χ2v) is 4.78. The number of rotatable bonds is 5. The zero-order chi connectivity index (χ0) is 11.5. The van der Waals surface area contributed by atoms with E-state index in [1.54, 1.807) is 0 Å². The Labute approximate surface area is 97.5 Å². The fraction of sp³-hybridized carbons (Fsp3) is 0.615. The van der Waals surface area contributed by atoms with Crippen molar-refractivity contribution < 1.29 is 0 Å². The Balaban J connectivity index is 2.18. The summed E-state index contributed by atoms with van der Waals surface area (Å²) < 4.78 is 0. The van der Waals surface area contributed by atoms with Gasteiger partial charge >= 0.3 is 0 Å². The van der Waals surface area contributed by atoms with Crippen molar-refractivity contribution in [1.82, 2.24) is 10.3 Å². The minimum absolute atomic E-state index is 0.380. The minimum Gasteiger partial charge on any atom is -0.383 e. The highest BCUT2D eigenvalue weighted by Gasteiger charge is 2.27. The second kappa shape index (κ2) is 4.83. The van der Waals surface area contributed by atoms with E-state index in [1.165, 1.54) is 30.4 Å². The molecule has 1 aliphatic carbocycles. The van der Waals surface area contributed by atoms with Crippen LogP contribution in [-0.2, 0) is 0 Å². The summed E-state index contributed by atoms with van der Waals surface area (Å²) in [4.78, 5) is 4.25. The van der Waals surface area contributed by atoms with Crippen molar-refractivity contribution in [2.75, 3.05) is 12.3 Å². The molecule has 0 spiro atoms. The molecule has 0 saturated heterocycles. The number of nitrogens with two attached hydrogens (primary N) is 1. The first-order valence-electron chi connectivity index (χ1n) is 6.16. The summed E-state index contributed by atoms with van der Waals surface area (Å²) in [5, 5.41) is 3.52. The lowest BCUT2D eigenvalue weighted by molar-refractivity contribution is 0.487. The maximum absolute atomic E-state index is 5.97. The summed E-state index contributed by atoms with van der Waals surface area (Å²) in [6.07, 6.45) is 5.78. The second-order valence-electron chi connectivity index (χ2n) is 4.78. The number of aryl methyl sites for hydroxylation is 1. The molecular weight excluding hydrogens is 198 g/mol. The number of nitrogens with one attached hydrogen (secondary N) is 1. The third kappa shape index (κ3) is 2.73. The minimum atomic E-state index is 0.380. The van der Waals surface area contributed by atoms with E-state index in [1.807, 2.05) is 6.20 Å². The van der Waals surface area contributed by atoms with Crippen molar-refractivity contribution in [1.29, 1.82) is 0 Å². The van der Waals surface area contributed by atoms with E-state index in [4.69, 9.17) is 5.73 Å². The largest absolute Gasteiger partial charge is 0.383 e. The molecule has 88 valence electrons. The number of pyridine rings is 1. The van der Waals surface area contributed by atoms with E-state index in [2.05, 4.69) is 30.2 Å². The van der Waals surface area contributed by atoms with E-state index in [0.29, 0.717) is 11.9 Å². The molecule has 1 aliphatic rings. The van der Waals surface area contributed by atoms with Crippen LogP contribution in [0.15, 0.2) is 12.3 Å². The summed E-state index contributed by atoms with van der Waals surface area (Å²) >= 11 is 0. The Hall–Kier alpha value is -1.09. The van der Waals surface area contributed by atoms with Crippen molar-refractivity contribution in [3.8, 4) is 0 Å². The molecule has 1 unspecified atom stereocenters. The zero-order valence-corrected chi connectivity index (χ0v) is 10.2. The molecule has 3 heteroatoms. The summed E-state index contributed by atoms with van der Waals surface area (Å²) in [5.74, 6) is 1.57. The topological polar surface area (TPSA) is 50.9 Å². The van der Waals surface area contributed by atoms with E-state index in [-0.39, 0.29) is 0 Å². The Morgan fingerprint density at radius 3 is 2.94 bits per heavy atom. The Morgan fingerprint density at radius 1 is 1.56 bits per heavy atom. The van der Waals surface area contributed by atoms with Crippen molar-refractivity contribution in [3.05, 3.63) is 23.4 Å². The number of nitrogens with zero attached hydrogens (tertiary/aromatic N) is 1. The monoisotopic (exact) mass is 219 g/mol. The number of nitrogen functional groups attached to an aromatic ring is 1. The average Bonchev–Trinajstić information content (AvgIpc) is 3.05. The summed E-state index contributed by atoms with van der Waals surface area (Å²) in [5.41, 5.74) is 8.32. The molecule has 0 radical (unpaired) electrons. The van der Waals surface area contributed by atoms with E-state index < -0.39 is 0 Å². The molecule has 3 N–H and O–H groups in total. The number of aromatic nitrogens is 1. The van der Waals surface area contributed by atoms with Crippen LogP contribution in [0.4, 0.5) is 5.82 Å². The fourth-order valence-electron chi connectivity index (χ4n) is 2.14. The zero-order valence-electron chi connectivity index (χ0n) is 10.2. The van der Waals surface area contributed by atoms with Crippen molar-refractivity contribution in [3.63, 3.8) is 0 Å². The molecule has 0 aromatic carbocycles. The van der Waals surface area contributed by atoms with Crippen LogP contribution in [0.3, 0.4) is 0 Å². The van der Waals surface area contributed by atoms with Gasteiger partial charge in [0.05, 0.1) is 0 Å². The smallest absolute Gasteiger partial charge is 0.128 e. The third-order valence-corrected chi connectivity index (χ3v) is 3.18. The standard InChI is InChI=1S/C13H21N3/c1-3-15-12(7-10-4-5-10)11-6-9(2)8-16-13(11)14/h6,8,10,12,15H,3-5,7H2,1-2H3,(H2,14,16). The van der Waals surface area contributed by atoms with Gasteiger partial charge in [-0.3, -0.25) is 0 Å². The van der Waals surface area contributed by atoms with E-state index >= 15 is 0 Å². The molecule has 1 atom stereocenters. The van der Waals surface area contributed by atoms with Crippen molar-refractivity contribution in [2.24, 2.45) is 5.92 Å². The Kier molecular flexibility index (Phi) is 3.44. The maximum atomic E-state index is 5.97. The van der Waals surface area contributed by atoms with E-state index in [9.17, 15) is 0 Å². The predicted octanol–water partition coefficient (Wildman–Crippen LogP) is 2.42. The molecular formula is C13H21N3. The van der Waals surface area contributed by atoms with Gasteiger partial charge in [-0.05, 0) is 37.4 Å². The first-order chi connectivity index (χ1) is 7.70. The van der Waals surface area contributed by atoms with Gasteiger partial charge in [0.2, 0.25) is 0 Å². The van der Waals surface area contributed by atoms with E-state index in [0.717, 1.165) is 12.5 Å². The normalized spacial score (nSPS) is 17.4. The molecule has 0 amide bonds. The van der Waals surface area contributed by atoms with Crippen LogP contribution >= 0.6 is 0 Å². The first kappa shape index (κ1) is 11.4. The summed E-state index contributed by atoms with van der Waals surface area (Å²) in [6.45, 7) is 5.18. The lowest BCUT2D eigenvalue weighted by atomic mass is 10.0. The number of anilines is 1. The quantitative estimate of drug-likeness (QED) is 0.799. The number of hydrogen-bond acceptors (Lipinski definition) is 3. The van der Waals surface area contributed by atoms with Gasteiger partial charge < -0.3 is 11.1 Å². The molecule has 1 saturated carbocycles. The molecule has 2 rings (SSSR count). The summed E-state index contributed by atoms with van der Waals surface area (Å²) in [6, 6.07) is 2.54. The average molecular weight is 219 g/mol. The van der Waals surface area contributed by atoms with Crippen LogP contribution in [0.2, 0.25) is 0 Å². The fourth-order valence-corrected chi connectivity index (χ4v) is 2.14. The van der Waals surface area contributed by atoms with Gasteiger partial charge in [0.25, 0.3) is 0 Å². The highest BCUT2D eigenvalue weighted by Crippen LogP contribution is 2.38. The maximum Gasteiger partial charge on any atom is 0.128 e. The van der Waals surface area contributed by atoms with Gasteiger partial charge in [-0.25, -0.2) is 4.98 Å². The predicted molar refractivity (Wildman–Crippen MR) is 67.1 cm³/mol. The molecule has 0 aliphatic heterocycles. The Bertz CT molecular complexity index is 358. The lowest BCUT2D eigenvalue weighted by Gasteiger charge is -2.19. The number of hydrogen-bond donors (Lipinski definition) is 2. The van der Waals surface area contributed by atoms with Gasteiger partial charge in [-0.1, -0.05) is 19.8 Å². The van der Waals surface area contributed by atoms with Crippen LogP contribution in [0, 0.1) is 12.8 Å². The van der Waals surface area contributed by atoms with Crippen LogP contribution in [0.5, 0.6) is 0 Å². The third-order valence-electron chi connectivity index (χ3n) is 3.18. The van der Waals surface area contributed by atoms with Crippen LogP contribution < -0.4 is 11.1 Å². The van der Waals surface area contributed by atoms with Crippen molar-refractivity contribution >= 4 is 5.82 Å². The van der Waals surface area contributed by atoms with Gasteiger partial charge in [-0.15, -0.1) is 0 Å². The highest BCUT2D eigenvalue weighted by atomic mass is 14.9. The molecule has 3 nitrogen and oxygen atoms in total. The van der Waals surface area contributed by atoms with Crippen LogP contribution in [0.1, 0.15) is 43.4 Å². The van der Waals surface area contributed by atoms with Gasteiger partial charge in [0.1, 0.15) is 5.82 Å². The SMILES string of the molecule is CCNC(CC1CC1)c1cc(C)cnc1N. The molecule has 1 aromatic rings. The molecule has 1 heterocycles. The first-order valence-corrected chi connectivity index (χ1v) is 6.16. The van der Waals surface area contributed by atoms with Crippen LogP contribution in [0.25, 0.3) is 0 Å². The van der Waals surface area contributed by atoms with Gasteiger partial charge in [-0.2, -0.15) is 0 Å². The molecule has 1 fully saturated rings.